The Kier molecular flexibility index (Phi) is 6.32. The van der Waals surface area contributed by atoms with Crippen LogP contribution in [0, 0.1) is 5.92 Å². The molecule has 2 N–H and O–H groups in total. The van der Waals surface area contributed by atoms with Gasteiger partial charge in [-0.25, -0.2) is 8.42 Å². The molecule has 0 spiro atoms. The molecule has 1 fully saturated rings. The Morgan fingerprint density at radius 2 is 2.15 bits per heavy atom. The highest BCUT2D eigenvalue weighted by Gasteiger charge is 2.37. The van der Waals surface area contributed by atoms with Crippen molar-refractivity contribution in [3.63, 3.8) is 0 Å². The van der Waals surface area contributed by atoms with Gasteiger partial charge in [-0.1, -0.05) is 11.6 Å². The van der Waals surface area contributed by atoms with Gasteiger partial charge in [-0.15, -0.1) is 12.4 Å². The Bertz CT molecular complexity index is 583. The van der Waals surface area contributed by atoms with Crippen molar-refractivity contribution in [2.24, 2.45) is 11.7 Å². The molecular weight excluding hydrogens is 387 g/mol. The maximum absolute atomic E-state index is 12.6. The second kappa shape index (κ2) is 6.94. The van der Waals surface area contributed by atoms with Crippen molar-refractivity contribution in [1.82, 2.24) is 4.31 Å². The number of sulfonamides is 1. The second-order valence-electron chi connectivity index (χ2n) is 4.84. The first-order valence-electron chi connectivity index (χ1n) is 6.03. The fourth-order valence-corrected chi connectivity index (χ4v) is 4.78. The van der Waals surface area contributed by atoms with Gasteiger partial charge >= 0.3 is 0 Å². The number of hydrogen-bond acceptors (Lipinski definition) is 3. The monoisotopic (exact) mass is 402 g/mol. The lowest BCUT2D eigenvalue weighted by Crippen LogP contribution is -2.34. The van der Waals surface area contributed by atoms with Gasteiger partial charge in [-0.05, 0) is 59.9 Å². The van der Waals surface area contributed by atoms with E-state index < -0.39 is 10.0 Å². The van der Waals surface area contributed by atoms with E-state index in [4.69, 9.17) is 17.3 Å². The normalized spacial score (nSPS) is 23.6. The summed E-state index contributed by atoms with van der Waals surface area (Å²) in [6.07, 6.45) is 0.810. The third-order valence-corrected chi connectivity index (χ3v) is 6.63. The molecule has 0 bridgehead atoms. The lowest BCUT2D eigenvalue weighted by Gasteiger charge is -2.21. The van der Waals surface area contributed by atoms with Gasteiger partial charge in [0, 0.05) is 17.1 Å². The van der Waals surface area contributed by atoms with E-state index in [0.29, 0.717) is 22.6 Å². The van der Waals surface area contributed by atoms with Crippen LogP contribution in [0.3, 0.4) is 0 Å². The van der Waals surface area contributed by atoms with Crippen molar-refractivity contribution in [3.05, 3.63) is 27.7 Å². The SMILES string of the molecule is CC1CC(CN)CN1S(=O)(=O)c1ccc(Cl)c(Br)c1.Cl. The maximum Gasteiger partial charge on any atom is 0.243 e. The minimum Gasteiger partial charge on any atom is -0.330 e. The fraction of sp³-hybridized carbons (Fsp3) is 0.500. The first-order valence-corrected chi connectivity index (χ1v) is 8.64. The fourth-order valence-electron chi connectivity index (χ4n) is 2.39. The predicted octanol–water partition coefficient (Wildman–Crippen LogP) is 2.88. The van der Waals surface area contributed by atoms with Crippen molar-refractivity contribution in [2.75, 3.05) is 13.1 Å². The van der Waals surface area contributed by atoms with Crippen LogP contribution in [0.15, 0.2) is 27.6 Å². The van der Waals surface area contributed by atoms with Gasteiger partial charge in [0.05, 0.1) is 9.92 Å². The van der Waals surface area contributed by atoms with Gasteiger partial charge in [0.1, 0.15) is 0 Å². The summed E-state index contributed by atoms with van der Waals surface area (Å²) in [7, 11) is -3.48. The van der Waals surface area contributed by atoms with Crippen molar-refractivity contribution >= 4 is 50.0 Å². The molecule has 1 heterocycles. The molecule has 2 unspecified atom stereocenters. The van der Waals surface area contributed by atoms with Crippen molar-refractivity contribution < 1.29 is 8.42 Å². The number of rotatable bonds is 3. The summed E-state index contributed by atoms with van der Waals surface area (Å²) < 4.78 is 27.3. The average molecular weight is 404 g/mol. The summed E-state index contributed by atoms with van der Waals surface area (Å²) in [6.45, 7) is 2.92. The number of hydrogen-bond donors (Lipinski definition) is 1. The highest BCUT2D eigenvalue weighted by molar-refractivity contribution is 9.10. The molecule has 4 nitrogen and oxygen atoms in total. The molecule has 0 saturated carbocycles. The molecule has 20 heavy (non-hydrogen) atoms. The van der Waals surface area contributed by atoms with E-state index in [1.165, 1.54) is 10.4 Å². The van der Waals surface area contributed by atoms with Crippen LogP contribution in [-0.4, -0.2) is 31.9 Å². The molecule has 114 valence electrons. The molecule has 1 aromatic rings. The van der Waals surface area contributed by atoms with Gasteiger partial charge in [0.25, 0.3) is 0 Å². The highest BCUT2D eigenvalue weighted by atomic mass is 79.9. The average Bonchev–Trinajstić information content (AvgIpc) is 2.74. The molecule has 1 aliphatic rings. The molecular formula is C12H17BrCl2N2O2S. The van der Waals surface area contributed by atoms with Crippen LogP contribution in [0.4, 0.5) is 0 Å². The zero-order valence-electron chi connectivity index (χ0n) is 10.9. The van der Waals surface area contributed by atoms with Crippen LogP contribution in [-0.2, 0) is 10.0 Å². The predicted molar refractivity (Wildman–Crippen MR) is 86.9 cm³/mol. The third-order valence-electron chi connectivity index (χ3n) is 3.44. The van der Waals surface area contributed by atoms with Crippen LogP contribution >= 0.6 is 39.9 Å². The van der Waals surface area contributed by atoms with E-state index in [-0.39, 0.29) is 29.3 Å². The van der Waals surface area contributed by atoms with Crippen molar-refractivity contribution in [3.8, 4) is 0 Å². The summed E-state index contributed by atoms with van der Waals surface area (Å²) >= 11 is 9.15. The Morgan fingerprint density at radius 1 is 1.50 bits per heavy atom. The van der Waals surface area contributed by atoms with Crippen LogP contribution in [0.5, 0.6) is 0 Å². The minimum absolute atomic E-state index is 0. The lowest BCUT2D eigenvalue weighted by molar-refractivity contribution is 0.404. The molecule has 1 aliphatic heterocycles. The topological polar surface area (TPSA) is 63.4 Å². The van der Waals surface area contributed by atoms with E-state index in [2.05, 4.69) is 15.9 Å². The summed E-state index contributed by atoms with van der Waals surface area (Å²) in [5.74, 6) is 0.237. The van der Waals surface area contributed by atoms with E-state index in [1.807, 2.05) is 6.92 Å². The van der Waals surface area contributed by atoms with E-state index in [0.717, 1.165) is 6.42 Å². The van der Waals surface area contributed by atoms with Crippen LogP contribution in [0.2, 0.25) is 5.02 Å². The zero-order valence-corrected chi connectivity index (χ0v) is 14.9. The Labute approximate surface area is 139 Å². The molecule has 0 aliphatic carbocycles. The zero-order chi connectivity index (χ0) is 14.2. The van der Waals surface area contributed by atoms with Gasteiger partial charge < -0.3 is 5.73 Å². The van der Waals surface area contributed by atoms with Crippen LogP contribution in [0.25, 0.3) is 0 Å². The minimum atomic E-state index is -3.48. The molecule has 0 amide bonds. The van der Waals surface area contributed by atoms with E-state index >= 15 is 0 Å². The molecule has 1 aromatic carbocycles. The quantitative estimate of drug-likeness (QED) is 0.843. The molecule has 8 heteroatoms. The van der Waals surface area contributed by atoms with Crippen LogP contribution in [0.1, 0.15) is 13.3 Å². The van der Waals surface area contributed by atoms with Gasteiger partial charge in [0.15, 0.2) is 0 Å². The Morgan fingerprint density at radius 3 is 2.65 bits per heavy atom. The standard InChI is InChI=1S/C12H16BrClN2O2S.ClH/c1-8-4-9(6-15)7-16(8)19(17,18)10-2-3-12(14)11(13)5-10;/h2-3,5,8-9H,4,6-7,15H2,1H3;1H. The van der Waals surface area contributed by atoms with E-state index in [1.54, 1.807) is 12.1 Å². The summed E-state index contributed by atoms with van der Waals surface area (Å²) in [6, 6.07) is 4.64. The molecule has 0 radical (unpaired) electrons. The lowest BCUT2D eigenvalue weighted by atomic mass is 10.1. The van der Waals surface area contributed by atoms with Gasteiger partial charge in [0.2, 0.25) is 10.0 Å². The highest BCUT2D eigenvalue weighted by Crippen LogP contribution is 2.31. The summed E-state index contributed by atoms with van der Waals surface area (Å²) in [5, 5.41) is 0.494. The summed E-state index contributed by atoms with van der Waals surface area (Å²) in [4.78, 5) is 0.258. The number of nitrogens with zero attached hydrogens (tertiary/aromatic N) is 1. The second-order valence-corrected chi connectivity index (χ2v) is 7.99. The Hall–Kier alpha value is 0.150. The first-order chi connectivity index (χ1) is 8.86. The molecule has 2 atom stereocenters. The molecule has 0 aromatic heterocycles. The Balaban J connectivity index is 0.00000200. The van der Waals surface area contributed by atoms with Gasteiger partial charge in [-0.3, -0.25) is 0 Å². The van der Waals surface area contributed by atoms with Gasteiger partial charge in [-0.2, -0.15) is 4.31 Å². The first kappa shape index (κ1) is 18.2. The maximum atomic E-state index is 12.6. The smallest absolute Gasteiger partial charge is 0.243 e. The largest absolute Gasteiger partial charge is 0.330 e. The number of halogens is 3. The summed E-state index contributed by atoms with van der Waals surface area (Å²) in [5.41, 5.74) is 5.64. The number of benzene rings is 1. The van der Waals surface area contributed by atoms with Crippen molar-refractivity contribution in [1.29, 1.82) is 0 Å². The van der Waals surface area contributed by atoms with Crippen molar-refractivity contribution in [2.45, 2.75) is 24.3 Å². The molecule has 1 saturated heterocycles. The van der Waals surface area contributed by atoms with Crippen LogP contribution < -0.4 is 5.73 Å². The third kappa shape index (κ3) is 3.48. The van der Waals surface area contributed by atoms with E-state index in [9.17, 15) is 8.42 Å². The molecule has 2 rings (SSSR count). The number of nitrogens with two attached hydrogens (primary N) is 1.